The third-order valence-electron chi connectivity index (χ3n) is 3.86. The van der Waals surface area contributed by atoms with E-state index in [1.54, 1.807) is 19.1 Å². The minimum atomic E-state index is -0.444. The first kappa shape index (κ1) is 18.5. The maximum absolute atomic E-state index is 13.1. The van der Waals surface area contributed by atoms with E-state index in [0.29, 0.717) is 25.4 Å². The smallest absolute Gasteiger partial charge is 0.234 e. The Labute approximate surface area is 147 Å². The molecular weight excluding hydrogens is 319 g/mol. The van der Waals surface area contributed by atoms with Crippen molar-refractivity contribution in [2.24, 2.45) is 5.73 Å². The zero-order valence-corrected chi connectivity index (χ0v) is 14.1. The molecule has 1 atom stereocenters. The molecule has 0 spiro atoms. The lowest BCUT2D eigenvalue weighted by Crippen LogP contribution is -2.42. The van der Waals surface area contributed by atoms with Crippen molar-refractivity contribution >= 4 is 5.91 Å². The summed E-state index contributed by atoms with van der Waals surface area (Å²) in [5.74, 6) is 2.53. The third kappa shape index (κ3) is 5.63. The molecule has 0 saturated carbocycles. The summed E-state index contributed by atoms with van der Waals surface area (Å²) in [4.78, 5) is 13.2. The van der Waals surface area contributed by atoms with Gasteiger partial charge in [-0.1, -0.05) is 30.2 Å². The fourth-order valence-electron chi connectivity index (χ4n) is 2.35. The Bertz CT molecular complexity index is 753. The van der Waals surface area contributed by atoms with Crippen LogP contribution in [0.1, 0.15) is 18.1 Å². The van der Waals surface area contributed by atoms with Crippen LogP contribution >= 0.6 is 0 Å². The fourth-order valence-corrected chi connectivity index (χ4v) is 2.35. The Balaban J connectivity index is 1.96. The normalized spacial score (nSPS) is 11.8. The maximum atomic E-state index is 13.1. The van der Waals surface area contributed by atoms with Crippen LogP contribution in [0, 0.1) is 18.2 Å². The van der Waals surface area contributed by atoms with E-state index >= 15 is 0 Å². The summed E-state index contributed by atoms with van der Waals surface area (Å²) in [5, 5.41) is 0. The van der Waals surface area contributed by atoms with Crippen molar-refractivity contribution in [2.75, 3.05) is 6.54 Å². The van der Waals surface area contributed by atoms with Crippen molar-refractivity contribution < 1.29 is 13.9 Å². The zero-order chi connectivity index (χ0) is 18.2. The average Bonchev–Trinajstić information content (AvgIpc) is 2.60. The minimum Gasteiger partial charge on any atom is -0.489 e. The van der Waals surface area contributed by atoms with Gasteiger partial charge in [0.2, 0.25) is 5.91 Å². The molecule has 1 amide bonds. The highest BCUT2D eigenvalue weighted by molar-refractivity contribution is 5.79. The Hall–Kier alpha value is -2.84. The summed E-state index contributed by atoms with van der Waals surface area (Å²) in [6.07, 6.45) is 5.36. The van der Waals surface area contributed by atoms with Crippen LogP contribution in [-0.2, 0) is 17.9 Å². The van der Waals surface area contributed by atoms with Crippen molar-refractivity contribution in [1.82, 2.24) is 4.90 Å². The highest BCUT2D eigenvalue weighted by atomic mass is 19.1. The van der Waals surface area contributed by atoms with Crippen molar-refractivity contribution in [3.63, 3.8) is 0 Å². The first-order valence-electron chi connectivity index (χ1n) is 7.92. The van der Waals surface area contributed by atoms with Gasteiger partial charge in [-0.3, -0.25) is 9.69 Å². The number of amides is 1. The molecule has 2 rings (SSSR count). The molecule has 5 heteroatoms. The van der Waals surface area contributed by atoms with Gasteiger partial charge < -0.3 is 10.5 Å². The molecule has 0 unspecified atom stereocenters. The Morgan fingerprint density at radius 1 is 1.28 bits per heavy atom. The molecule has 130 valence electrons. The quantitative estimate of drug-likeness (QED) is 0.752. The second kappa shape index (κ2) is 8.86. The summed E-state index contributed by atoms with van der Waals surface area (Å²) >= 11 is 0. The van der Waals surface area contributed by atoms with Gasteiger partial charge >= 0.3 is 0 Å². The number of nitrogens with two attached hydrogens (primary N) is 1. The van der Waals surface area contributed by atoms with Gasteiger partial charge in [-0.05, 0) is 42.3 Å². The number of terminal acetylenes is 1. The Morgan fingerprint density at radius 3 is 2.60 bits per heavy atom. The lowest BCUT2D eigenvalue weighted by Gasteiger charge is -2.24. The van der Waals surface area contributed by atoms with Gasteiger partial charge in [-0.25, -0.2) is 4.39 Å². The highest BCUT2D eigenvalue weighted by Crippen LogP contribution is 2.16. The topological polar surface area (TPSA) is 55.6 Å². The van der Waals surface area contributed by atoms with Crippen molar-refractivity contribution in [2.45, 2.75) is 26.1 Å². The number of hydrogen-bond donors (Lipinski definition) is 1. The van der Waals surface area contributed by atoms with Crippen LogP contribution in [0.3, 0.4) is 0 Å². The average molecular weight is 340 g/mol. The van der Waals surface area contributed by atoms with Gasteiger partial charge in [0.15, 0.2) is 0 Å². The van der Waals surface area contributed by atoms with Crippen molar-refractivity contribution in [3.8, 4) is 18.1 Å². The molecule has 0 aliphatic heterocycles. The van der Waals surface area contributed by atoms with Gasteiger partial charge in [0.25, 0.3) is 0 Å². The van der Waals surface area contributed by atoms with Gasteiger partial charge in [0, 0.05) is 6.54 Å². The number of rotatable bonds is 8. The van der Waals surface area contributed by atoms with Gasteiger partial charge in [0.05, 0.1) is 12.6 Å². The summed E-state index contributed by atoms with van der Waals surface area (Å²) in [7, 11) is 0. The summed E-state index contributed by atoms with van der Waals surface area (Å²) in [5.41, 5.74) is 7.11. The van der Waals surface area contributed by atoms with E-state index in [-0.39, 0.29) is 5.82 Å². The van der Waals surface area contributed by atoms with E-state index in [0.717, 1.165) is 11.1 Å². The molecule has 25 heavy (non-hydrogen) atoms. The molecule has 4 nitrogen and oxygen atoms in total. The number of nitrogens with zero attached hydrogens (tertiary/aromatic N) is 1. The lowest BCUT2D eigenvalue weighted by molar-refractivity contribution is -0.122. The standard InChI is InChI=1S/C20H21FN2O2/c1-3-11-23(15(2)20(22)24)13-16-7-9-19(10-8-16)25-14-17-5-4-6-18(21)12-17/h1,4-10,12,15H,11,13-14H2,2H3,(H2,22,24)/t15-/m0/s1. The fraction of sp³-hybridized carbons (Fsp3) is 0.250. The minimum absolute atomic E-state index is 0.284. The monoisotopic (exact) mass is 340 g/mol. The number of carbonyl (C=O) groups excluding carboxylic acids is 1. The van der Waals surface area contributed by atoms with E-state index < -0.39 is 11.9 Å². The van der Waals surface area contributed by atoms with Crippen LogP contribution < -0.4 is 10.5 Å². The Morgan fingerprint density at radius 2 is 2.00 bits per heavy atom. The molecule has 0 bridgehead atoms. The molecule has 2 aromatic carbocycles. The van der Waals surface area contributed by atoms with Crippen LogP contribution in [0.2, 0.25) is 0 Å². The predicted octanol–water partition coefficient (Wildman–Crippen LogP) is 2.71. The van der Waals surface area contributed by atoms with E-state index in [9.17, 15) is 9.18 Å². The number of carbonyl (C=O) groups is 1. The molecular formula is C20H21FN2O2. The molecule has 0 fully saturated rings. The number of halogens is 1. The SMILES string of the molecule is C#CCN(Cc1ccc(OCc2cccc(F)c2)cc1)[C@@H](C)C(N)=O. The number of ether oxygens (including phenoxy) is 1. The first-order chi connectivity index (χ1) is 12.0. The molecule has 0 aromatic heterocycles. The molecule has 0 saturated heterocycles. The largest absolute Gasteiger partial charge is 0.489 e. The van der Waals surface area contributed by atoms with Crippen molar-refractivity contribution in [3.05, 3.63) is 65.5 Å². The van der Waals surface area contributed by atoms with Gasteiger partial charge in [-0.15, -0.1) is 6.42 Å². The zero-order valence-electron chi connectivity index (χ0n) is 14.1. The van der Waals surface area contributed by atoms with Gasteiger partial charge in [-0.2, -0.15) is 0 Å². The summed E-state index contributed by atoms with van der Waals surface area (Å²) in [6, 6.07) is 13.3. The Kier molecular flexibility index (Phi) is 6.55. The number of hydrogen-bond acceptors (Lipinski definition) is 3. The first-order valence-corrected chi connectivity index (χ1v) is 7.92. The molecule has 0 radical (unpaired) electrons. The number of benzene rings is 2. The van der Waals surface area contributed by atoms with E-state index in [4.69, 9.17) is 16.9 Å². The summed E-state index contributed by atoms with van der Waals surface area (Å²) in [6.45, 7) is 2.87. The van der Waals surface area contributed by atoms with Crippen LogP contribution in [0.25, 0.3) is 0 Å². The molecule has 0 aliphatic rings. The van der Waals surface area contributed by atoms with Gasteiger partial charge in [0.1, 0.15) is 18.2 Å². The highest BCUT2D eigenvalue weighted by Gasteiger charge is 2.18. The molecule has 0 aliphatic carbocycles. The number of primary amides is 1. The van der Waals surface area contributed by atoms with E-state index in [1.165, 1.54) is 12.1 Å². The molecule has 2 N–H and O–H groups in total. The van der Waals surface area contributed by atoms with E-state index in [1.807, 2.05) is 29.2 Å². The van der Waals surface area contributed by atoms with Crippen molar-refractivity contribution in [1.29, 1.82) is 0 Å². The lowest BCUT2D eigenvalue weighted by atomic mass is 10.1. The van der Waals surface area contributed by atoms with Crippen LogP contribution in [-0.4, -0.2) is 23.4 Å². The van der Waals surface area contributed by atoms with E-state index in [2.05, 4.69) is 5.92 Å². The van der Waals surface area contributed by atoms with Crippen LogP contribution in [0.15, 0.2) is 48.5 Å². The molecule has 0 heterocycles. The predicted molar refractivity (Wildman–Crippen MR) is 95.1 cm³/mol. The summed E-state index contributed by atoms with van der Waals surface area (Å²) < 4.78 is 18.8. The third-order valence-corrected chi connectivity index (χ3v) is 3.86. The second-order valence-corrected chi connectivity index (χ2v) is 5.75. The van der Waals surface area contributed by atoms with Crippen LogP contribution in [0.4, 0.5) is 4.39 Å². The van der Waals surface area contributed by atoms with Crippen LogP contribution in [0.5, 0.6) is 5.75 Å². The second-order valence-electron chi connectivity index (χ2n) is 5.75. The molecule has 2 aromatic rings. The maximum Gasteiger partial charge on any atom is 0.234 e.